The van der Waals surface area contributed by atoms with Crippen LogP contribution in [-0.4, -0.2) is 32.5 Å². The third-order valence-electron chi connectivity index (χ3n) is 3.48. The predicted octanol–water partition coefficient (Wildman–Crippen LogP) is 3.88. The molecule has 21 heavy (non-hydrogen) atoms. The highest BCUT2D eigenvalue weighted by Crippen LogP contribution is 2.21. The van der Waals surface area contributed by atoms with Gasteiger partial charge in [-0.25, -0.2) is 0 Å². The first kappa shape index (κ1) is 14.5. The maximum atomic E-state index is 5.38. The van der Waals surface area contributed by atoms with Crippen molar-refractivity contribution in [2.75, 3.05) is 31.2 Å². The standard InChI is InChI=1S/C17H17IN2O/c18-17-4-2-1-3-14(17)13-19-15-5-7-16(8-6-15)20-9-11-21-12-10-20/h1-8,13H,9-12H2. The lowest BCUT2D eigenvalue weighted by atomic mass is 10.2. The second-order valence-electron chi connectivity index (χ2n) is 4.90. The monoisotopic (exact) mass is 392 g/mol. The number of ether oxygens (including phenoxy) is 1. The molecule has 0 aromatic heterocycles. The van der Waals surface area contributed by atoms with Crippen molar-refractivity contribution in [1.29, 1.82) is 0 Å². The molecule has 2 aromatic rings. The Kier molecular flexibility index (Phi) is 4.87. The maximum Gasteiger partial charge on any atom is 0.0642 e. The molecule has 1 saturated heterocycles. The van der Waals surface area contributed by atoms with E-state index in [0.717, 1.165) is 37.6 Å². The van der Waals surface area contributed by atoms with Crippen molar-refractivity contribution in [2.24, 2.45) is 4.99 Å². The summed E-state index contributed by atoms with van der Waals surface area (Å²) in [6.45, 7) is 3.55. The van der Waals surface area contributed by atoms with Crippen molar-refractivity contribution in [3.63, 3.8) is 0 Å². The van der Waals surface area contributed by atoms with Crippen molar-refractivity contribution < 1.29 is 4.74 Å². The molecule has 0 aliphatic carbocycles. The van der Waals surface area contributed by atoms with Gasteiger partial charge in [-0.15, -0.1) is 0 Å². The van der Waals surface area contributed by atoms with E-state index in [0.29, 0.717) is 0 Å². The summed E-state index contributed by atoms with van der Waals surface area (Å²) < 4.78 is 6.59. The van der Waals surface area contributed by atoms with Gasteiger partial charge in [-0.05, 0) is 52.9 Å². The van der Waals surface area contributed by atoms with Crippen LogP contribution >= 0.6 is 22.6 Å². The van der Waals surface area contributed by atoms with Gasteiger partial charge in [0.25, 0.3) is 0 Å². The molecule has 0 unspecified atom stereocenters. The highest BCUT2D eigenvalue weighted by molar-refractivity contribution is 14.1. The Hall–Kier alpha value is -1.40. The van der Waals surface area contributed by atoms with Crippen LogP contribution in [0.4, 0.5) is 11.4 Å². The third-order valence-corrected chi connectivity index (χ3v) is 4.47. The van der Waals surface area contributed by atoms with E-state index in [1.165, 1.54) is 9.26 Å². The Balaban J connectivity index is 1.71. The molecule has 0 spiro atoms. The second-order valence-corrected chi connectivity index (χ2v) is 6.06. The van der Waals surface area contributed by atoms with Crippen LogP contribution in [-0.2, 0) is 4.74 Å². The van der Waals surface area contributed by atoms with Crippen LogP contribution in [0.1, 0.15) is 5.56 Å². The number of benzene rings is 2. The van der Waals surface area contributed by atoms with Gasteiger partial charge >= 0.3 is 0 Å². The Morgan fingerprint density at radius 2 is 1.71 bits per heavy atom. The fourth-order valence-corrected chi connectivity index (χ4v) is 2.82. The van der Waals surface area contributed by atoms with Gasteiger partial charge in [0.2, 0.25) is 0 Å². The van der Waals surface area contributed by atoms with Crippen molar-refractivity contribution >= 4 is 40.2 Å². The minimum atomic E-state index is 0.812. The Labute approximate surface area is 138 Å². The normalized spacial score (nSPS) is 15.6. The van der Waals surface area contributed by atoms with Crippen molar-refractivity contribution in [3.8, 4) is 0 Å². The molecule has 0 radical (unpaired) electrons. The van der Waals surface area contributed by atoms with Gasteiger partial charge in [-0.3, -0.25) is 4.99 Å². The van der Waals surface area contributed by atoms with E-state index in [2.05, 4.69) is 68.9 Å². The van der Waals surface area contributed by atoms with E-state index >= 15 is 0 Å². The molecular formula is C17H17IN2O. The maximum absolute atomic E-state index is 5.38. The smallest absolute Gasteiger partial charge is 0.0642 e. The van der Waals surface area contributed by atoms with Crippen molar-refractivity contribution in [3.05, 3.63) is 57.7 Å². The summed E-state index contributed by atoms with van der Waals surface area (Å²) in [5.74, 6) is 0. The van der Waals surface area contributed by atoms with Crippen LogP contribution in [0.2, 0.25) is 0 Å². The van der Waals surface area contributed by atoms with Gasteiger partial charge in [-0.1, -0.05) is 18.2 Å². The van der Waals surface area contributed by atoms with Gasteiger partial charge in [0, 0.05) is 34.1 Å². The van der Waals surface area contributed by atoms with Gasteiger partial charge in [-0.2, -0.15) is 0 Å². The first-order valence-electron chi connectivity index (χ1n) is 7.04. The summed E-state index contributed by atoms with van der Waals surface area (Å²) in [4.78, 5) is 6.89. The highest BCUT2D eigenvalue weighted by Gasteiger charge is 2.10. The average molecular weight is 392 g/mol. The van der Waals surface area contributed by atoms with Gasteiger partial charge in [0.05, 0.1) is 18.9 Å². The summed E-state index contributed by atoms with van der Waals surface area (Å²) in [6.07, 6.45) is 1.92. The predicted molar refractivity (Wildman–Crippen MR) is 95.9 cm³/mol. The van der Waals surface area contributed by atoms with Crippen molar-refractivity contribution in [2.45, 2.75) is 0 Å². The Morgan fingerprint density at radius 1 is 1.00 bits per heavy atom. The molecule has 108 valence electrons. The fourth-order valence-electron chi connectivity index (χ4n) is 2.29. The van der Waals surface area contributed by atoms with Gasteiger partial charge < -0.3 is 9.64 Å². The molecule has 1 fully saturated rings. The molecule has 1 heterocycles. The molecule has 0 atom stereocenters. The molecule has 0 N–H and O–H groups in total. The van der Waals surface area contributed by atoms with E-state index in [4.69, 9.17) is 4.74 Å². The SMILES string of the molecule is Ic1ccccc1C=Nc1ccc(N2CCOCC2)cc1. The minimum Gasteiger partial charge on any atom is -0.378 e. The van der Waals surface area contributed by atoms with E-state index in [9.17, 15) is 0 Å². The van der Waals surface area contributed by atoms with Crippen LogP contribution in [0.3, 0.4) is 0 Å². The van der Waals surface area contributed by atoms with E-state index in [1.54, 1.807) is 0 Å². The number of nitrogens with zero attached hydrogens (tertiary/aromatic N) is 2. The molecule has 3 rings (SSSR count). The molecule has 0 saturated carbocycles. The number of hydrogen-bond donors (Lipinski definition) is 0. The molecule has 4 heteroatoms. The summed E-state index contributed by atoms with van der Waals surface area (Å²) in [5, 5.41) is 0. The highest BCUT2D eigenvalue weighted by atomic mass is 127. The second kappa shape index (κ2) is 7.04. The number of morpholine rings is 1. The van der Waals surface area contributed by atoms with Crippen LogP contribution in [0.25, 0.3) is 0 Å². The van der Waals surface area contributed by atoms with Crippen LogP contribution < -0.4 is 4.90 Å². The minimum absolute atomic E-state index is 0.812. The van der Waals surface area contributed by atoms with Gasteiger partial charge in [0.15, 0.2) is 0 Å². The molecule has 1 aliphatic heterocycles. The topological polar surface area (TPSA) is 24.8 Å². The first-order chi connectivity index (χ1) is 10.3. The number of aliphatic imine (C=N–C) groups is 1. The zero-order chi connectivity index (χ0) is 14.5. The molecule has 0 bridgehead atoms. The van der Waals surface area contributed by atoms with Crippen LogP contribution in [0.5, 0.6) is 0 Å². The summed E-state index contributed by atoms with van der Waals surface area (Å²) >= 11 is 2.33. The lowest BCUT2D eigenvalue weighted by Crippen LogP contribution is -2.36. The van der Waals surface area contributed by atoms with E-state index < -0.39 is 0 Å². The third kappa shape index (κ3) is 3.83. The summed E-state index contributed by atoms with van der Waals surface area (Å²) in [7, 11) is 0. The zero-order valence-electron chi connectivity index (χ0n) is 11.7. The Bertz CT molecular complexity index is 619. The van der Waals surface area contributed by atoms with Crippen LogP contribution in [0, 0.1) is 3.57 Å². The number of rotatable bonds is 3. The average Bonchev–Trinajstić information content (AvgIpc) is 2.55. The van der Waals surface area contributed by atoms with Crippen molar-refractivity contribution in [1.82, 2.24) is 0 Å². The van der Waals surface area contributed by atoms with Crippen LogP contribution in [0.15, 0.2) is 53.5 Å². The lowest BCUT2D eigenvalue weighted by Gasteiger charge is -2.28. The number of hydrogen-bond acceptors (Lipinski definition) is 3. The molecule has 1 aliphatic rings. The molecule has 3 nitrogen and oxygen atoms in total. The molecule has 2 aromatic carbocycles. The van der Waals surface area contributed by atoms with Gasteiger partial charge in [0.1, 0.15) is 0 Å². The lowest BCUT2D eigenvalue weighted by molar-refractivity contribution is 0.122. The summed E-state index contributed by atoms with van der Waals surface area (Å²) in [6, 6.07) is 16.6. The zero-order valence-corrected chi connectivity index (χ0v) is 13.9. The number of anilines is 1. The fraction of sp³-hybridized carbons (Fsp3) is 0.235. The summed E-state index contributed by atoms with van der Waals surface area (Å²) in [5.41, 5.74) is 3.37. The first-order valence-corrected chi connectivity index (χ1v) is 8.12. The largest absolute Gasteiger partial charge is 0.378 e. The number of halogens is 1. The van der Waals surface area contributed by atoms with E-state index in [1.807, 2.05) is 18.3 Å². The van der Waals surface area contributed by atoms with E-state index in [-0.39, 0.29) is 0 Å². The Morgan fingerprint density at radius 3 is 2.43 bits per heavy atom. The molecule has 0 amide bonds. The quantitative estimate of drug-likeness (QED) is 0.585. The molecular weight excluding hydrogens is 375 g/mol.